The van der Waals surface area contributed by atoms with E-state index in [4.69, 9.17) is 5.26 Å². The summed E-state index contributed by atoms with van der Waals surface area (Å²) < 4.78 is 42.1. The maximum absolute atomic E-state index is 12.5. The number of nitriles is 1. The van der Waals surface area contributed by atoms with Crippen molar-refractivity contribution in [2.24, 2.45) is 0 Å². The van der Waals surface area contributed by atoms with E-state index in [2.05, 4.69) is 10.1 Å². The van der Waals surface area contributed by atoms with Gasteiger partial charge in [0.15, 0.2) is 0 Å². The van der Waals surface area contributed by atoms with Gasteiger partial charge in [-0.1, -0.05) is 0 Å². The predicted octanol–water partition coefficient (Wildman–Crippen LogP) is 3.06. The van der Waals surface area contributed by atoms with Crippen molar-refractivity contribution in [2.75, 3.05) is 7.11 Å². The molecule has 0 radical (unpaired) electrons. The van der Waals surface area contributed by atoms with Gasteiger partial charge in [0.1, 0.15) is 6.04 Å². The minimum atomic E-state index is -4.48. The number of nitrogens with one attached hydrogen (secondary N) is 1. The van der Waals surface area contributed by atoms with Gasteiger partial charge in [0.05, 0.1) is 18.7 Å². The van der Waals surface area contributed by atoms with Crippen LogP contribution in [0.5, 0.6) is 0 Å². The highest BCUT2D eigenvalue weighted by Crippen LogP contribution is 2.29. The average molecular weight is 342 g/mol. The lowest BCUT2D eigenvalue weighted by Gasteiger charge is -2.16. The molecule has 1 amide bonds. The van der Waals surface area contributed by atoms with Crippen LogP contribution in [0.2, 0.25) is 0 Å². The topological polar surface area (TPSA) is 79.2 Å². The molecule has 130 valence electrons. The molecule has 5 nitrogen and oxygen atoms in total. The second kappa shape index (κ2) is 8.91. The molecule has 1 aromatic rings. The Morgan fingerprint density at radius 3 is 2.38 bits per heavy atom. The van der Waals surface area contributed by atoms with Crippen molar-refractivity contribution >= 4 is 11.9 Å². The minimum absolute atomic E-state index is 0.00827. The predicted molar refractivity (Wildman–Crippen MR) is 78.8 cm³/mol. The molecule has 0 fully saturated rings. The number of esters is 1. The third-order valence-electron chi connectivity index (χ3n) is 3.30. The van der Waals surface area contributed by atoms with Gasteiger partial charge < -0.3 is 10.1 Å². The molecule has 1 aromatic carbocycles. The lowest BCUT2D eigenvalue weighted by atomic mass is 10.1. The summed E-state index contributed by atoms with van der Waals surface area (Å²) >= 11 is 0. The Kier molecular flexibility index (Phi) is 7.24. The van der Waals surface area contributed by atoms with Gasteiger partial charge in [0.25, 0.3) is 5.91 Å². The maximum atomic E-state index is 12.5. The molecule has 1 rings (SSSR count). The molecule has 1 N–H and O–H groups in total. The van der Waals surface area contributed by atoms with Gasteiger partial charge >= 0.3 is 12.1 Å². The SMILES string of the molecule is COC(=O)[C@@H](CCCCC#N)NC(=O)c1ccc(C(F)(F)F)cc1. The Balaban J connectivity index is 2.73. The van der Waals surface area contributed by atoms with Crippen LogP contribution in [0.25, 0.3) is 0 Å². The Hall–Kier alpha value is -2.56. The number of carbonyl (C=O) groups excluding carboxylic acids is 2. The normalized spacial score (nSPS) is 12.1. The molecule has 0 spiro atoms. The zero-order valence-electron chi connectivity index (χ0n) is 13.0. The first kappa shape index (κ1) is 19.5. The lowest BCUT2D eigenvalue weighted by Crippen LogP contribution is -2.41. The molecule has 0 aliphatic rings. The molecule has 0 unspecified atom stereocenters. The second-order valence-electron chi connectivity index (χ2n) is 5.03. The molecule has 8 heteroatoms. The number of nitrogens with zero attached hydrogens (tertiary/aromatic N) is 1. The second-order valence-corrected chi connectivity index (χ2v) is 5.03. The highest BCUT2D eigenvalue weighted by molar-refractivity contribution is 5.96. The first-order valence-electron chi connectivity index (χ1n) is 7.22. The van der Waals surface area contributed by atoms with Crippen LogP contribution in [0.3, 0.4) is 0 Å². The molecular weight excluding hydrogens is 325 g/mol. The maximum Gasteiger partial charge on any atom is 0.416 e. The Morgan fingerprint density at radius 2 is 1.88 bits per heavy atom. The van der Waals surface area contributed by atoms with Crippen molar-refractivity contribution in [2.45, 2.75) is 37.9 Å². The van der Waals surface area contributed by atoms with Crippen molar-refractivity contribution in [1.82, 2.24) is 5.32 Å². The largest absolute Gasteiger partial charge is 0.467 e. The fourth-order valence-electron chi connectivity index (χ4n) is 2.00. The standard InChI is InChI=1S/C16H17F3N2O3/c1-24-15(23)13(5-3-2-4-10-20)21-14(22)11-6-8-12(9-7-11)16(17,18)19/h6-9,13H,2-5H2,1H3,(H,21,22)/t13-/m1/s1. The van der Waals surface area contributed by atoms with E-state index < -0.39 is 29.7 Å². The van der Waals surface area contributed by atoms with Crippen LogP contribution in [-0.2, 0) is 15.7 Å². The van der Waals surface area contributed by atoms with Crippen molar-refractivity contribution in [1.29, 1.82) is 5.26 Å². The van der Waals surface area contributed by atoms with E-state index in [9.17, 15) is 22.8 Å². The van der Waals surface area contributed by atoms with Gasteiger partial charge in [-0.15, -0.1) is 0 Å². The van der Waals surface area contributed by atoms with Crippen molar-refractivity contribution < 1.29 is 27.5 Å². The van der Waals surface area contributed by atoms with Gasteiger partial charge in [0, 0.05) is 12.0 Å². The molecule has 0 bridgehead atoms. The van der Waals surface area contributed by atoms with Gasteiger partial charge in [-0.25, -0.2) is 4.79 Å². The molecule has 0 saturated carbocycles. The van der Waals surface area contributed by atoms with E-state index in [0.29, 0.717) is 19.3 Å². The Labute approximate surface area is 137 Å². The number of amides is 1. The van der Waals surface area contributed by atoms with E-state index in [1.54, 1.807) is 0 Å². The van der Waals surface area contributed by atoms with E-state index in [1.807, 2.05) is 6.07 Å². The van der Waals surface area contributed by atoms with Crippen LogP contribution in [0.4, 0.5) is 13.2 Å². The number of alkyl halides is 3. The van der Waals surface area contributed by atoms with E-state index in [0.717, 1.165) is 24.3 Å². The van der Waals surface area contributed by atoms with Crippen molar-refractivity contribution in [3.05, 3.63) is 35.4 Å². The minimum Gasteiger partial charge on any atom is -0.467 e. The van der Waals surface area contributed by atoms with Crippen LogP contribution in [0.15, 0.2) is 24.3 Å². The average Bonchev–Trinajstić information content (AvgIpc) is 2.56. The van der Waals surface area contributed by atoms with Crippen LogP contribution < -0.4 is 5.32 Å². The van der Waals surface area contributed by atoms with E-state index in [1.165, 1.54) is 7.11 Å². The quantitative estimate of drug-likeness (QED) is 0.610. The molecule has 0 aromatic heterocycles. The summed E-state index contributed by atoms with van der Waals surface area (Å²) in [6.07, 6.45) is -2.77. The summed E-state index contributed by atoms with van der Waals surface area (Å²) in [4.78, 5) is 23.8. The zero-order valence-corrected chi connectivity index (χ0v) is 13.0. The van der Waals surface area contributed by atoms with E-state index >= 15 is 0 Å². The molecule has 24 heavy (non-hydrogen) atoms. The van der Waals surface area contributed by atoms with Gasteiger partial charge in [-0.3, -0.25) is 4.79 Å². The summed E-state index contributed by atoms with van der Waals surface area (Å²) in [5.74, 6) is -1.31. The number of ether oxygens (including phenoxy) is 1. The molecule has 1 atom stereocenters. The zero-order chi connectivity index (χ0) is 18.2. The van der Waals surface area contributed by atoms with Crippen molar-refractivity contribution in [3.63, 3.8) is 0 Å². The Bertz CT molecular complexity index is 606. The lowest BCUT2D eigenvalue weighted by molar-refractivity contribution is -0.143. The fraction of sp³-hybridized carbons (Fsp3) is 0.438. The number of methoxy groups -OCH3 is 1. The summed E-state index contributed by atoms with van der Waals surface area (Å²) in [7, 11) is 1.18. The molecular formula is C16H17F3N2O3. The van der Waals surface area contributed by atoms with Crippen molar-refractivity contribution in [3.8, 4) is 6.07 Å². The van der Waals surface area contributed by atoms with Crippen LogP contribution >= 0.6 is 0 Å². The summed E-state index contributed by atoms with van der Waals surface area (Å²) in [6, 6.07) is 4.75. The number of hydrogen-bond donors (Lipinski definition) is 1. The number of unbranched alkanes of at least 4 members (excludes halogenated alkanes) is 2. The van der Waals surface area contributed by atoms with Crippen LogP contribution in [-0.4, -0.2) is 25.0 Å². The van der Waals surface area contributed by atoms with E-state index in [-0.39, 0.29) is 12.0 Å². The first-order chi connectivity index (χ1) is 11.3. The van der Waals surface area contributed by atoms with Gasteiger partial charge in [-0.2, -0.15) is 18.4 Å². The number of carbonyl (C=O) groups is 2. The van der Waals surface area contributed by atoms with Crippen LogP contribution in [0.1, 0.15) is 41.6 Å². The number of hydrogen-bond acceptors (Lipinski definition) is 4. The molecule has 0 aliphatic carbocycles. The van der Waals surface area contributed by atoms with Gasteiger partial charge in [0.2, 0.25) is 0 Å². The number of halogens is 3. The molecule has 0 heterocycles. The smallest absolute Gasteiger partial charge is 0.416 e. The highest BCUT2D eigenvalue weighted by Gasteiger charge is 2.30. The molecule has 0 aliphatic heterocycles. The fourth-order valence-corrected chi connectivity index (χ4v) is 2.00. The number of benzene rings is 1. The first-order valence-corrected chi connectivity index (χ1v) is 7.22. The summed E-state index contributed by atoms with van der Waals surface area (Å²) in [6.45, 7) is 0. The highest BCUT2D eigenvalue weighted by atomic mass is 19.4. The molecule has 0 saturated heterocycles. The third-order valence-corrected chi connectivity index (χ3v) is 3.30. The summed E-state index contributed by atoms with van der Waals surface area (Å²) in [5, 5.41) is 10.9. The monoisotopic (exact) mass is 342 g/mol. The van der Waals surface area contributed by atoms with Crippen LogP contribution in [0, 0.1) is 11.3 Å². The number of rotatable bonds is 7. The summed E-state index contributed by atoms with van der Waals surface area (Å²) in [5.41, 5.74) is -0.853. The Morgan fingerprint density at radius 1 is 1.25 bits per heavy atom. The van der Waals surface area contributed by atoms with Gasteiger partial charge in [-0.05, 0) is 43.5 Å². The third kappa shape index (κ3) is 5.91.